The predicted octanol–water partition coefficient (Wildman–Crippen LogP) is 4.50. The van der Waals surface area contributed by atoms with Gasteiger partial charge in [0, 0.05) is 5.69 Å². The summed E-state index contributed by atoms with van der Waals surface area (Å²) in [5.74, 6) is 0.847. The molecule has 0 amide bonds. The minimum Gasteiger partial charge on any atom is -0.497 e. The van der Waals surface area contributed by atoms with Gasteiger partial charge in [-0.05, 0) is 68.2 Å². The van der Waals surface area contributed by atoms with E-state index in [1.54, 1.807) is 7.11 Å². The average molecular weight is 284 g/mol. The quantitative estimate of drug-likeness (QED) is 0.888. The molecular formula is C18H24N2O. The number of nitrogens with zero attached hydrogens (tertiary/aromatic N) is 1. The van der Waals surface area contributed by atoms with Crippen molar-refractivity contribution in [1.82, 2.24) is 0 Å². The zero-order valence-electron chi connectivity index (χ0n) is 12.8. The molecule has 21 heavy (non-hydrogen) atoms. The van der Waals surface area contributed by atoms with E-state index in [0.717, 1.165) is 24.3 Å². The van der Waals surface area contributed by atoms with Crippen LogP contribution in [0.4, 0.5) is 5.69 Å². The number of nitrogens with one attached hydrogen (secondary N) is 1. The molecule has 0 atom stereocenters. The molecule has 1 aromatic carbocycles. The van der Waals surface area contributed by atoms with Crippen LogP contribution >= 0.6 is 0 Å². The molecule has 2 fully saturated rings. The maximum absolute atomic E-state index is 9.70. The van der Waals surface area contributed by atoms with E-state index in [2.05, 4.69) is 11.4 Å². The topological polar surface area (TPSA) is 45.0 Å². The molecule has 0 saturated heterocycles. The first-order valence-corrected chi connectivity index (χ1v) is 8.03. The highest BCUT2D eigenvalue weighted by atomic mass is 16.5. The van der Waals surface area contributed by atoms with E-state index in [0.29, 0.717) is 5.41 Å². The SMILES string of the molecule is COc1ccc(NC2(C#N)CCC3(CCCC3)CC2)cc1. The molecule has 1 aromatic rings. The van der Waals surface area contributed by atoms with E-state index in [-0.39, 0.29) is 5.54 Å². The molecule has 1 spiro atoms. The van der Waals surface area contributed by atoms with E-state index >= 15 is 0 Å². The van der Waals surface area contributed by atoms with Gasteiger partial charge in [0.2, 0.25) is 0 Å². The molecule has 1 N–H and O–H groups in total. The van der Waals surface area contributed by atoms with Crippen LogP contribution < -0.4 is 10.1 Å². The Kier molecular flexibility index (Phi) is 3.80. The van der Waals surface area contributed by atoms with Gasteiger partial charge in [0.05, 0.1) is 13.2 Å². The Morgan fingerprint density at radius 2 is 1.62 bits per heavy atom. The molecular weight excluding hydrogens is 260 g/mol. The van der Waals surface area contributed by atoms with E-state index in [1.807, 2.05) is 24.3 Å². The lowest BCUT2D eigenvalue weighted by atomic mass is 9.67. The number of benzene rings is 1. The van der Waals surface area contributed by atoms with Gasteiger partial charge in [-0.1, -0.05) is 12.8 Å². The summed E-state index contributed by atoms with van der Waals surface area (Å²) in [4.78, 5) is 0. The Bertz CT molecular complexity index is 513. The van der Waals surface area contributed by atoms with E-state index in [1.165, 1.54) is 38.5 Å². The largest absolute Gasteiger partial charge is 0.497 e. The Balaban J connectivity index is 1.68. The van der Waals surface area contributed by atoms with Crippen LogP contribution in [0.2, 0.25) is 0 Å². The first-order chi connectivity index (χ1) is 10.2. The lowest BCUT2D eigenvalue weighted by Crippen LogP contribution is -2.43. The summed E-state index contributed by atoms with van der Waals surface area (Å²) in [7, 11) is 1.67. The van der Waals surface area contributed by atoms with Gasteiger partial charge in [-0.2, -0.15) is 5.26 Å². The number of methoxy groups -OCH3 is 1. The molecule has 3 rings (SSSR count). The fourth-order valence-electron chi connectivity index (χ4n) is 4.05. The molecule has 0 radical (unpaired) electrons. The fourth-order valence-corrected chi connectivity index (χ4v) is 4.05. The van der Waals surface area contributed by atoms with Gasteiger partial charge in [0.25, 0.3) is 0 Å². The van der Waals surface area contributed by atoms with Crippen molar-refractivity contribution in [2.75, 3.05) is 12.4 Å². The summed E-state index contributed by atoms with van der Waals surface area (Å²) < 4.78 is 5.18. The van der Waals surface area contributed by atoms with Crippen molar-refractivity contribution in [1.29, 1.82) is 5.26 Å². The zero-order chi connectivity index (χ0) is 14.8. The molecule has 3 heteroatoms. The number of rotatable bonds is 3. The monoisotopic (exact) mass is 284 g/mol. The van der Waals surface area contributed by atoms with Crippen molar-refractivity contribution in [3.63, 3.8) is 0 Å². The van der Waals surface area contributed by atoms with Crippen LogP contribution in [0.25, 0.3) is 0 Å². The third kappa shape index (κ3) is 2.85. The second kappa shape index (κ2) is 5.60. The third-order valence-corrected chi connectivity index (χ3v) is 5.52. The van der Waals surface area contributed by atoms with Crippen LogP contribution in [-0.2, 0) is 0 Å². The van der Waals surface area contributed by atoms with E-state index in [4.69, 9.17) is 4.74 Å². The molecule has 112 valence electrons. The first kappa shape index (κ1) is 14.3. The molecule has 2 aliphatic carbocycles. The van der Waals surface area contributed by atoms with Crippen LogP contribution in [-0.4, -0.2) is 12.6 Å². The second-order valence-corrected chi connectivity index (χ2v) is 6.75. The van der Waals surface area contributed by atoms with Crippen LogP contribution in [0.1, 0.15) is 51.4 Å². The molecule has 0 heterocycles. The minimum absolute atomic E-state index is 0.386. The highest BCUT2D eigenvalue weighted by Gasteiger charge is 2.44. The smallest absolute Gasteiger partial charge is 0.125 e. The molecule has 0 aliphatic heterocycles. The fraction of sp³-hybridized carbons (Fsp3) is 0.611. The normalized spacial score (nSPS) is 22.7. The first-order valence-electron chi connectivity index (χ1n) is 8.03. The number of hydrogen-bond donors (Lipinski definition) is 1. The highest BCUT2D eigenvalue weighted by Crippen LogP contribution is 2.51. The van der Waals surface area contributed by atoms with Gasteiger partial charge in [-0.25, -0.2) is 0 Å². The Morgan fingerprint density at radius 3 is 2.14 bits per heavy atom. The Labute approximate surface area is 127 Å². The van der Waals surface area contributed by atoms with Gasteiger partial charge in [0.1, 0.15) is 11.3 Å². The van der Waals surface area contributed by atoms with Gasteiger partial charge >= 0.3 is 0 Å². The standard InChI is InChI=1S/C18H24N2O/c1-21-16-6-4-15(5-7-16)20-18(14-19)12-10-17(11-13-18)8-2-3-9-17/h4-7,20H,2-3,8-13H2,1H3. The van der Waals surface area contributed by atoms with Crippen molar-refractivity contribution < 1.29 is 4.74 Å². The molecule has 0 bridgehead atoms. The summed E-state index contributed by atoms with van der Waals surface area (Å²) in [6, 6.07) is 10.4. The maximum Gasteiger partial charge on any atom is 0.125 e. The zero-order valence-corrected chi connectivity index (χ0v) is 12.8. The summed E-state index contributed by atoms with van der Waals surface area (Å²) in [6.45, 7) is 0. The maximum atomic E-state index is 9.70. The summed E-state index contributed by atoms with van der Waals surface area (Å²) in [5, 5.41) is 13.2. The Hall–Kier alpha value is -1.69. The van der Waals surface area contributed by atoms with Crippen LogP contribution in [0.5, 0.6) is 5.75 Å². The number of nitriles is 1. The van der Waals surface area contributed by atoms with E-state index < -0.39 is 0 Å². The molecule has 3 nitrogen and oxygen atoms in total. The summed E-state index contributed by atoms with van der Waals surface area (Å²) in [6.07, 6.45) is 9.84. The van der Waals surface area contributed by atoms with Crippen LogP contribution in [0, 0.1) is 16.7 Å². The lowest BCUT2D eigenvalue weighted by molar-refractivity contribution is 0.167. The van der Waals surface area contributed by atoms with Crippen molar-refractivity contribution in [3.05, 3.63) is 24.3 Å². The summed E-state index contributed by atoms with van der Waals surface area (Å²) >= 11 is 0. The van der Waals surface area contributed by atoms with Gasteiger partial charge in [-0.3, -0.25) is 0 Å². The van der Waals surface area contributed by atoms with Crippen molar-refractivity contribution in [2.45, 2.75) is 56.9 Å². The highest BCUT2D eigenvalue weighted by molar-refractivity contribution is 5.50. The van der Waals surface area contributed by atoms with Crippen molar-refractivity contribution in [2.24, 2.45) is 5.41 Å². The molecule has 0 unspecified atom stereocenters. The molecule has 2 aliphatic rings. The van der Waals surface area contributed by atoms with Crippen LogP contribution in [0.3, 0.4) is 0 Å². The van der Waals surface area contributed by atoms with E-state index in [9.17, 15) is 5.26 Å². The molecule has 0 aromatic heterocycles. The second-order valence-electron chi connectivity index (χ2n) is 6.75. The van der Waals surface area contributed by atoms with Gasteiger partial charge < -0.3 is 10.1 Å². The third-order valence-electron chi connectivity index (χ3n) is 5.52. The van der Waals surface area contributed by atoms with Crippen molar-refractivity contribution in [3.8, 4) is 11.8 Å². The predicted molar refractivity (Wildman–Crippen MR) is 84.3 cm³/mol. The number of ether oxygens (including phenoxy) is 1. The number of hydrogen-bond acceptors (Lipinski definition) is 3. The lowest BCUT2D eigenvalue weighted by Gasteiger charge is -2.42. The molecule has 2 saturated carbocycles. The van der Waals surface area contributed by atoms with Gasteiger partial charge in [-0.15, -0.1) is 0 Å². The number of anilines is 1. The Morgan fingerprint density at radius 1 is 1.00 bits per heavy atom. The van der Waals surface area contributed by atoms with Crippen LogP contribution in [0.15, 0.2) is 24.3 Å². The average Bonchev–Trinajstić information content (AvgIpc) is 2.99. The minimum atomic E-state index is -0.386. The van der Waals surface area contributed by atoms with Gasteiger partial charge in [0.15, 0.2) is 0 Å². The summed E-state index contributed by atoms with van der Waals surface area (Å²) in [5.41, 5.74) is 1.18. The van der Waals surface area contributed by atoms with Crippen molar-refractivity contribution >= 4 is 5.69 Å².